The van der Waals surface area contributed by atoms with Gasteiger partial charge in [0.25, 0.3) is 0 Å². The lowest BCUT2D eigenvalue weighted by Crippen LogP contribution is -2.03. The molecule has 0 unspecified atom stereocenters. The van der Waals surface area contributed by atoms with Crippen molar-refractivity contribution in [2.75, 3.05) is 0 Å². The minimum Gasteiger partial charge on any atom is -0.280 e. The molecule has 0 saturated heterocycles. The molecule has 0 aliphatic carbocycles. The molecule has 0 amide bonds. The number of hydrogen-bond acceptors (Lipinski definition) is 2. The predicted molar refractivity (Wildman–Crippen MR) is 97.6 cm³/mol. The van der Waals surface area contributed by atoms with E-state index in [1.54, 1.807) is 0 Å². The van der Waals surface area contributed by atoms with Crippen LogP contribution in [0, 0.1) is 13.8 Å². The molecule has 4 aromatic rings. The molecule has 0 spiro atoms. The van der Waals surface area contributed by atoms with Crippen LogP contribution in [0.1, 0.15) is 22.5 Å². The Morgan fingerprint density at radius 1 is 0.875 bits per heavy atom. The first-order valence-electron chi connectivity index (χ1n) is 8.16. The Hall–Kier alpha value is -2.94. The van der Waals surface area contributed by atoms with Crippen LogP contribution in [-0.4, -0.2) is 14.5 Å². The molecule has 0 fully saturated rings. The molecule has 0 bridgehead atoms. The molecule has 3 nitrogen and oxygen atoms in total. The highest BCUT2D eigenvalue weighted by Gasteiger charge is 2.13. The molecule has 24 heavy (non-hydrogen) atoms. The van der Waals surface area contributed by atoms with Crippen molar-refractivity contribution in [2.24, 2.45) is 0 Å². The van der Waals surface area contributed by atoms with Gasteiger partial charge in [0.2, 0.25) is 0 Å². The van der Waals surface area contributed by atoms with Gasteiger partial charge in [0.1, 0.15) is 11.3 Å². The number of aromatic nitrogens is 3. The van der Waals surface area contributed by atoms with Crippen LogP contribution in [0.4, 0.5) is 0 Å². The van der Waals surface area contributed by atoms with Crippen LogP contribution < -0.4 is 0 Å². The number of rotatable bonds is 3. The SMILES string of the molecule is Cc1ccc(-n2c(Cc3cccc(C)c3)nc3cccnc32)cc1. The fourth-order valence-corrected chi connectivity index (χ4v) is 3.05. The van der Waals surface area contributed by atoms with E-state index in [0.29, 0.717) is 0 Å². The van der Waals surface area contributed by atoms with E-state index in [9.17, 15) is 0 Å². The quantitative estimate of drug-likeness (QED) is 0.552. The molecule has 0 saturated carbocycles. The summed E-state index contributed by atoms with van der Waals surface area (Å²) in [5, 5.41) is 0. The number of hydrogen-bond donors (Lipinski definition) is 0. The number of pyridine rings is 1. The van der Waals surface area contributed by atoms with Gasteiger partial charge in [-0.1, -0.05) is 47.5 Å². The molecule has 0 aliphatic rings. The second kappa shape index (κ2) is 5.93. The zero-order chi connectivity index (χ0) is 16.5. The molecule has 0 atom stereocenters. The minimum atomic E-state index is 0.784. The summed E-state index contributed by atoms with van der Waals surface area (Å²) >= 11 is 0. The van der Waals surface area contributed by atoms with Gasteiger partial charge in [0.15, 0.2) is 5.65 Å². The lowest BCUT2D eigenvalue weighted by atomic mass is 10.1. The van der Waals surface area contributed by atoms with E-state index in [1.165, 1.54) is 16.7 Å². The predicted octanol–water partition coefficient (Wildman–Crippen LogP) is 4.63. The fraction of sp³-hybridized carbons (Fsp3) is 0.143. The van der Waals surface area contributed by atoms with Crippen LogP contribution in [0.15, 0.2) is 66.9 Å². The normalized spacial score (nSPS) is 11.1. The van der Waals surface area contributed by atoms with Gasteiger partial charge in [0, 0.05) is 18.3 Å². The van der Waals surface area contributed by atoms with E-state index in [2.05, 4.69) is 71.9 Å². The first kappa shape index (κ1) is 14.6. The van der Waals surface area contributed by atoms with Crippen molar-refractivity contribution in [3.8, 4) is 5.69 Å². The maximum absolute atomic E-state index is 4.84. The van der Waals surface area contributed by atoms with Crippen LogP contribution in [0.25, 0.3) is 16.9 Å². The lowest BCUT2D eigenvalue weighted by Gasteiger charge is -2.09. The van der Waals surface area contributed by atoms with Gasteiger partial charge < -0.3 is 0 Å². The van der Waals surface area contributed by atoms with Crippen molar-refractivity contribution in [3.05, 3.63) is 89.4 Å². The average Bonchev–Trinajstić information content (AvgIpc) is 2.93. The van der Waals surface area contributed by atoms with Crippen molar-refractivity contribution < 1.29 is 0 Å². The van der Waals surface area contributed by atoms with E-state index in [1.807, 2.05) is 18.3 Å². The maximum Gasteiger partial charge on any atom is 0.164 e. The molecule has 3 heteroatoms. The Kier molecular flexibility index (Phi) is 3.62. The van der Waals surface area contributed by atoms with Gasteiger partial charge in [0.05, 0.1) is 0 Å². The zero-order valence-corrected chi connectivity index (χ0v) is 13.9. The van der Waals surface area contributed by atoms with Crippen LogP contribution in [0.5, 0.6) is 0 Å². The number of aryl methyl sites for hydroxylation is 2. The topological polar surface area (TPSA) is 30.7 Å². The molecule has 0 N–H and O–H groups in total. The largest absolute Gasteiger partial charge is 0.280 e. The summed E-state index contributed by atoms with van der Waals surface area (Å²) in [4.78, 5) is 9.40. The summed E-state index contributed by atoms with van der Waals surface area (Å²) in [6.07, 6.45) is 2.61. The summed E-state index contributed by atoms with van der Waals surface area (Å²) in [6.45, 7) is 4.22. The molecule has 0 radical (unpaired) electrons. The molecule has 118 valence electrons. The van der Waals surface area contributed by atoms with Gasteiger partial charge in [-0.3, -0.25) is 4.57 Å². The zero-order valence-electron chi connectivity index (χ0n) is 13.9. The van der Waals surface area contributed by atoms with E-state index in [0.717, 1.165) is 29.1 Å². The second-order valence-corrected chi connectivity index (χ2v) is 6.21. The smallest absolute Gasteiger partial charge is 0.164 e. The Labute approximate surface area is 141 Å². The van der Waals surface area contributed by atoms with Gasteiger partial charge in [-0.05, 0) is 43.7 Å². The Balaban J connectivity index is 1.88. The Morgan fingerprint density at radius 3 is 2.50 bits per heavy atom. The first-order chi connectivity index (χ1) is 11.7. The average molecular weight is 313 g/mol. The van der Waals surface area contributed by atoms with Gasteiger partial charge in [-0.25, -0.2) is 9.97 Å². The molecular weight excluding hydrogens is 294 g/mol. The molecular formula is C21H19N3. The highest BCUT2D eigenvalue weighted by molar-refractivity contribution is 5.74. The van der Waals surface area contributed by atoms with Gasteiger partial charge in [-0.2, -0.15) is 0 Å². The summed E-state index contributed by atoms with van der Waals surface area (Å²) in [5.74, 6) is 1.01. The number of imidazole rings is 1. The monoisotopic (exact) mass is 313 g/mol. The molecule has 2 heterocycles. The van der Waals surface area contributed by atoms with Crippen molar-refractivity contribution >= 4 is 11.2 Å². The third kappa shape index (κ3) is 2.69. The van der Waals surface area contributed by atoms with Crippen LogP contribution >= 0.6 is 0 Å². The Bertz CT molecular complexity index is 997. The minimum absolute atomic E-state index is 0.784. The lowest BCUT2D eigenvalue weighted by molar-refractivity contribution is 0.923. The van der Waals surface area contributed by atoms with E-state index in [-0.39, 0.29) is 0 Å². The third-order valence-electron chi connectivity index (χ3n) is 4.22. The first-order valence-corrected chi connectivity index (χ1v) is 8.16. The van der Waals surface area contributed by atoms with Crippen LogP contribution in [-0.2, 0) is 6.42 Å². The van der Waals surface area contributed by atoms with Crippen molar-refractivity contribution in [1.29, 1.82) is 0 Å². The molecule has 0 aliphatic heterocycles. The summed E-state index contributed by atoms with van der Waals surface area (Å²) in [7, 11) is 0. The van der Waals surface area contributed by atoms with E-state index < -0.39 is 0 Å². The Morgan fingerprint density at radius 2 is 1.71 bits per heavy atom. The maximum atomic E-state index is 4.84. The van der Waals surface area contributed by atoms with Crippen molar-refractivity contribution in [3.63, 3.8) is 0 Å². The van der Waals surface area contributed by atoms with Gasteiger partial charge in [-0.15, -0.1) is 0 Å². The number of nitrogens with zero attached hydrogens (tertiary/aromatic N) is 3. The second-order valence-electron chi connectivity index (χ2n) is 6.21. The molecule has 2 aromatic heterocycles. The van der Waals surface area contributed by atoms with Crippen LogP contribution in [0.3, 0.4) is 0 Å². The summed E-state index contributed by atoms with van der Waals surface area (Å²) in [6, 6.07) is 21.1. The summed E-state index contributed by atoms with van der Waals surface area (Å²) < 4.78 is 2.16. The van der Waals surface area contributed by atoms with Crippen molar-refractivity contribution in [2.45, 2.75) is 20.3 Å². The number of fused-ring (bicyclic) bond motifs is 1. The standard InChI is InChI=1S/C21H19N3/c1-15-8-10-18(11-9-15)24-20(14-17-6-3-5-16(2)13-17)23-19-7-4-12-22-21(19)24/h3-13H,14H2,1-2H3. The van der Waals surface area contributed by atoms with E-state index in [4.69, 9.17) is 4.98 Å². The fourth-order valence-electron chi connectivity index (χ4n) is 3.05. The highest BCUT2D eigenvalue weighted by atomic mass is 15.1. The molecule has 2 aromatic carbocycles. The van der Waals surface area contributed by atoms with Crippen molar-refractivity contribution in [1.82, 2.24) is 14.5 Å². The highest BCUT2D eigenvalue weighted by Crippen LogP contribution is 2.22. The number of benzene rings is 2. The van der Waals surface area contributed by atoms with Gasteiger partial charge >= 0.3 is 0 Å². The third-order valence-corrected chi connectivity index (χ3v) is 4.22. The van der Waals surface area contributed by atoms with E-state index >= 15 is 0 Å². The van der Waals surface area contributed by atoms with Crippen LogP contribution in [0.2, 0.25) is 0 Å². The summed E-state index contributed by atoms with van der Waals surface area (Å²) in [5.41, 5.74) is 6.72. The molecule has 4 rings (SSSR count).